The molecule has 2 amide bonds. The lowest BCUT2D eigenvalue weighted by molar-refractivity contribution is -0.118. The molecular formula is C15H22N6O2. The van der Waals surface area contributed by atoms with Gasteiger partial charge in [0.2, 0.25) is 12.4 Å². The Labute approximate surface area is 135 Å². The van der Waals surface area contributed by atoms with Gasteiger partial charge in [-0.15, -0.1) is 0 Å². The Kier molecular flexibility index (Phi) is 4.71. The molecule has 0 aromatic carbocycles. The van der Waals surface area contributed by atoms with Crippen molar-refractivity contribution in [3.8, 4) is 0 Å². The predicted octanol–water partition coefficient (Wildman–Crippen LogP) is -0.857. The number of piperazine rings is 2. The SMILES string of the molecule is CN1CCN(C(=O)c2ccnc(N3CCN(C=O)CC3)n2)CC1. The zero-order valence-corrected chi connectivity index (χ0v) is 13.4. The fraction of sp³-hybridized carbons (Fsp3) is 0.600. The van der Waals surface area contributed by atoms with Gasteiger partial charge in [0, 0.05) is 58.6 Å². The smallest absolute Gasteiger partial charge is 0.272 e. The quantitative estimate of drug-likeness (QED) is 0.676. The summed E-state index contributed by atoms with van der Waals surface area (Å²) in [6, 6.07) is 1.67. The minimum atomic E-state index is -0.0340. The first-order chi connectivity index (χ1) is 11.2. The zero-order valence-electron chi connectivity index (χ0n) is 13.4. The molecule has 0 bridgehead atoms. The standard InChI is InChI=1S/C15H22N6O2/c1-18-4-8-20(9-5-18)14(23)13-2-3-16-15(17-13)21-10-6-19(12-22)7-11-21/h2-3,12H,4-11H2,1H3. The molecule has 8 heteroatoms. The van der Waals surface area contributed by atoms with E-state index in [1.165, 1.54) is 0 Å². The highest BCUT2D eigenvalue weighted by molar-refractivity contribution is 5.92. The van der Waals surface area contributed by atoms with Crippen LogP contribution < -0.4 is 4.90 Å². The third kappa shape index (κ3) is 3.58. The van der Waals surface area contributed by atoms with Crippen LogP contribution in [0.5, 0.6) is 0 Å². The van der Waals surface area contributed by atoms with Gasteiger partial charge in [-0.1, -0.05) is 0 Å². The van der Waals surface area contributed by atoms with E-state index in [9.17, 15) is 9.59 Å². The number of aromatic nitrogens is 2. The molecule has 23 heavy (non-hydrogen) atoms. The van der Waals surface area contributed by atoms with E-state index in [4.69, 9.17) is 0 Å². The van der Waals surface area contributed by atoms with Crippen LogP contribution in [0, 0.1) is 0 Å². The third-order valence-electron chi connectivity index (χ3n) is 4.40. The fourth-order valence-corrected chi connectivity index (χ4v) is 2.82. The second-order valence-electron chi connectivity index (χ2n) is 5.97. The van der Waals surface area contributed by atoms with Crippen LogP contribution in [0.25, 0.3) is 0 Å². The van der Waals surface area contributed by atoms with Gasteiger partial charge in [-0.2, -0.15) is 0 Å². The van der Waals surface area contributed by atoms with Crippen LogP contribution >= 0.6 is 0 Å². The summed E-state index contributed by atoms with van der Waals surface area (Å²) >= 11 is 0. The Bertz CT molecular complexity index is 565. The average molecular weight is 318 g/mol. The highest BCUT2D eigenvalue weighted by Gasteiger charge is 2.23. The van der Waals surface area contributed by atoms with Gasteiger partial charge in [0.05, 0.1) is 0 Å². The summed E-state index contributed by atoms with van der Waals surface area (Å²) < 4.78 is 0. The largest absolute Gasteiger partial charge is 0.342 e. The first-order valence-corrected chi connectivity index (χ1v) is 7.92. The Morgan fingerprint density at radius 2 is 1.78 bits per heavy atom. The number of amides is 2. The highest BCUT2D eigenvalue weighted by Crippen LogP contribution is 2.12. The average Bonchev–Trinajstić information content (AvgIpc) is 2.62. The Hall–Kier alpha value is -2.22. The molecule has 124 valence electrons. The first-order valence-electron chi connectivity index (χ1n) is 7.92. The van der Waals surface area contributed by atoms with Crippen molar-refractivity contribution in [3.63, 3.8) is 0 Å². The van der Waals surface area contributed by atoms with Crippen molar-refractivity contribution in [1.29, 1.82) is 0 Å². The summed E-state index contributed by atoms with van der Waals surface area (Å²) in [5.74, 6) is 0.531. The molecule has 0 radical (unpaired) electrons. The maximum Gasteiger partial charge on any atom is 0.272 e. The van der Waals surface area contributed by atoms with Crippen LogP contribution in [0.4, 0.5) is 5.95 Å². The summed E-state index contributed by atoms with van der Waals surface area (Å²) in [7, 11) is 2.06. The Balaban J connectivity index is 1.67. The maximum atomic E-state index is 12.6. The van der Waals surface area contributed by atoms with Crippen LogP contribution in [0.15, 0.2) is 12.3 Å². The van der Waals surface area contributed by atoms with Gasteiger partial charge in [0.15, 0.2) is 0 Å². The minimum absolute atomic E-state index is 0.0340. The van der Waals surface area contributed by atoms with Crippen LogP contribution in [-0.2, 0) is 4.79 Å². The highest BCUT2D eigenvalue weighted by atomic mass is 16.2. The molecule has 0 aliphatic carbocycles. The molecule has 0 unspecified atom stereocenters. The van der Waals surface area contributed by atoms with Gasteiger partial charge < -0.3 is 19.6 Å². The van der Waals surface area contributed by atoms with Crippen LogP contribution in [-0.4, -0.2) is 96.4 Å². The molecule has 3 rings (SSSR count). The van der Waals surface area contributed by atoms with Crippen molar-refractivity contribution >= 4 is 18.3 Å². The molecule has 1 aromatic heterocycles. The molecular weight excluding hydrogens is 296 g/mol. The van der Waals surface area contributed by atoms with Gasteiger partial charge in [-0.05, 0) is 13.1 Å². The van der Waals surface area contributed by atoms with Crippen molar-refractivity contribution in [2.75, 3.05) is 64.3 Å². The van der Waals surface area contributed by atoms with Gasteiger partial charge in [0.1, 0.15) is 5.69 Å². The van der Waals surface area contributed by atoms with Crippen molar-refractivity contribution in [2.24, 2.45) is 0 Å². The molecule has 3 heterocycles. The van der Waals surface area contributed by atoms with E-state index in [0.29, 0.717) is 37.8 Å². The molecule has 8 nitrogen and oxygen atoms in total. The van der Waals surface area contributed by atoms with E-state index in [1.54, 1.807) is 17.2 Å². The predicted molar refractivity (Wildman–Crippen MR) is 85.3 cm³/mol. The van der Waals surface area contributed by atoms with E-state index in [-0.39, 0.29) is 5.91 Å². The van der Waals surface area contributed by atoms with Crippen molar-refractivity contribution < 1.29 is 9.59 Å². The van der Waals surface area contributed by atoms with Crippen molar-refractivity contribution in [3.05, 3.63) is 18.0 Å². The summed E-state index contributed by atoms with van der Waals surface area (Å²) in [6.45, 7) is 5.91. The topological polar surface area (TPSA) is 72.9 Å². The third-order valence-corrected chi connectivity index (χ3v) is 4.40. The lowest BCUT2D eigenvalue weighted by atomic mass is 10.3. The van der Waals surface area contributed by atoms with Gasteiger partial charge in [-0.25, -0.2) is 9.97 Å². The summed E-state index contributed by atoms with van der Waals surface area (Å²) in [5, 5.41) is 0. The van der Waals surface area contributed by atoms with Gasteiger partial charge >= 0.3 is 0 Å². The van der Waals surface area contributed by atoms with E-state index in [0.717, 1.165) is 32.6 Å². The van der Waals surface area contributed by atoms with E-state index >= 15 is 0 Å². The molecule has 1 aromatic rings. The second kappa shape index (κ2) is 6.91. The molecule has 2 saturated heterocycles. The fourth-order valence-electron chi connectivity index (χ4n) is 2.82. The van der Waals surface area contributed by atoms with E-state index in [1.807, 2.05) is 9.80 Å². The molecule has 0 spiro atoms. The first kappa shape index (κ1) is 15.7. The van der Waals surface area contributed by atoms with Gasteiger partial charge in [-0.3, -0.25) is 9.59 Å². The van der Waals surface area contributed by atoms with Crippen LogP contribution in [0.3, 0.4) is 0 Å². The Morgan fingerprint density at radius 1 is 1.09 bits per heavy atom. The summed E-state index contributed by atoms with van der Waals surface area (Å²) in [6.07, 6.45) is 2.50. The van der Waals surface area contributed by atoms with Crippen molar-refractivity contribution in [2.45, 2.75) is 0 Å². The molecule has 2 aliphatic rings. The number of rotatable bonds is 3. The van der Waals surface area contributed by atoms with E-state index in [2.05, 4.69) is 21.9 Å². The molecule has 0 saturated carbocycles. The molecule has 0 N–H and O–H groups in total. The Morgan fingerprint density at radius 3 is 2.43 bits per heavy atom. The summed E-state index contributed by atoms with van der Waals surface area (Å²) in [5.41, 5.74) is 0.442. The lowest BCUT2D eigenvalue weighted by Gasteiger charge is -2.33. The number of anilines is 1. The second-order valence-corrected chi connectivity index (χ2v) is 5.97. The number of carbonyl (C=O) groups is 2. The maximum absolute atomic E-state index is 12.6. The number of hydrogen-bond donors (Lipinski definition) is 0. The van der Waals surface area contributed by atoms with Crippen LogP contribution in [0.1, 0.15) is 10.5 Å². The lowest BCUT2D eigenvalue weighted by Crippen LogP contribution is -2.48. The van der Waals surface area contributed by atoms with Gasteiger partial charge in [0.25, 0.3) is 5.91 Å². The summed E-state index contributed by atoms with van der Waals surface area (Å²) in [4.78, 5) is 39.9. The molecule has 2 aliphatic heterocycles. The minimum Gasteiger partial charge on any atom is -0.342 e. The normalized spacial score (nSPS) is 19.8. The van der Waals surface area contributed by atoms with E-state index < -0.39 is 0 Å². The number of nitrogens with zero attached hydrogens (tertiary/aromatic N) is 6. The monoisotopic (exact) mass is 318 g/mol. The number of carbonyl (C=O) groups excluding carboxylic acids is 2. The van der Waals surface area contributed by atoms with Crippen LogP contribution in [0.2, 0.25) is 0 Å². The molecule has 2 fully saturated rings. The zero-order chi connectivity index (χ0) is 16.2. The van der Waals surface area contributed by atoms with Crippen molar-refractivity contribution in [1.82, 2.24) is 24.7 Å². The number of hydrogen-bond acceptors (Lipinski definition) is 6. The molecule has 0 atom stereocenters. The number of likely N-dealkylation sites (N-methyl/N-ethyl adjacent to an activating group) is 1.